The van der Waals surface area contributed by atoms with Crippen LogP contribution in [-0.2, 0) is 9.68 Å². The lowest BCUT2D eigenvalue weighted by atomic mass is 10.2. The first-order valence-electron chi connectivity index (χ1n) is 2.63. The summed E-state index contributed by atoms with van der Waals surface area (Å²) in [7, 11) is 0. The Hall–Kier alpha value is -0.450. The van der Waals surface area contributed by atoms with Gasteiger partial charge >= 0.3 is 0 Å². The molecule has 1 unspecified atom stereocenters. The van der Waals surface area contributed by atoms with Crippen LogP contribution in [-0.4, -0.2) is 28.9 Å². The Labute approximate surface area is 53.0 Å². The third-order valence-corrected chi connectivity index (χ3v) is 0.952. The molecule has 0 heterocycles. The minimum absolute atomic E-state index is 0.0131. The van der Waals surface area contributed by atoms with Gasteiger partial charge in [-0.15, -0.1) is 0 Å². The first-order chi connectivity index (χ1) is 4.18. The normalized spacial score (nSPS) is 13.2. The standard InChI is InChI=1S/C5H10O4/c1-4(6)5(7)2-3-9-8/h5,7-8H,2-3H2,1H3. The van der Waals surface area contributed by atoms with Gasteiger partial charge in [0.25, 0.3) is 0 Å². The van der Waals surface area contributed by atoms with Crippen molar-refractivity contribution in [1.29, 1.82) is 0 Å². The highest BCUT2D eigenvalue weighted by atomic mass is 17.1. The van der Waals surface area contributed by atoms with Crippen LogP contribution in [0.15, 0.2) is 0 Å². The number of carbonyl (C=O) groups is 1. The van der Waals surface area contributed by atoms with E-state index in [1.165, 1.54) is 6.92 Å². The van der Waals surface area contributed by atoms with E-state index in [1.807, 2.05) is 0 Å². The number of rotatable bonds is 4. The summed E-state index contributed by atoms with van der Waals surface area (Å²) in [5.74, 6) is -0.313. The predicted octanol–water partition coefficient (Wildman–Crippen LogP) is -0.184. The van der Waals surface area contributed by atoms with Gasteiger partial charge in [0.2, 0.25) is 0 Å². The Kier molecular flexibility index (Phi) is 4.21. The number of aliphatic hydroxyl groups excluding tert-OH is 1. The van der Waals surface area contributed by atoms with Crippen LogP contribution in [0.5, 0.6) is 0 Å². The summed E-state index contributed by atoms with van der Waals surface area (Å²) in [5.41, 5.74) is 0. The van der Waals surface area contributed by atoms with E-state index in [9.17, 15) is 4.79 Å². The predicted molar refractivity (Wildman–Crippen MR) is 29.9 cm³/mol. The van der Waals surface area contributed by atoms with Crippen molar-refractivity contribution in [2.45, 2.75) is 19.4 Å². The van der Waals surface area contributed by atoms with Crippen molar-refractivity contribution in [1.82, 2.24) is 0 Å². The highest BCUT2D eigenvalue weighted by Crippen LogP contribution is 1.91. The number of hydrogen-bond acceptors (Lipinski definition) is 4. The van der Waals surface area contributed by atoms with Crippen molar-refractivity contribution >= 4 is 5.78 Å². The molecule has 0 aliphatic rings. The molecule has 4 nitrogen and oxygen atoms in total. The Morgan fingerprint density at radius 3 is 2.67 bits per heavy atom. The molecule has 0 rings (SSSR count). The average molecular weight is 134 g/mol. The fraction of sp³-hybridized carbons (Fsp3) is 0.800. The van der Waals surface area contributed by atoms with Crippen LogP contribution < -0.4 is 0 Å². The minimum Gasteiger partial charge on any atom is -0.385 e. The van der Waals surface area contributed by atoms with Gasteiger partial charge in [-0.25, -0.2) is 4.89 Å². The zero-order chi connectivity index (χ0) is 7.28. The zero-order valence-corrected chi connectivity index (χ0v) is 5.20. The van der Waals surface area contributed by atoms with Crippen molar-refractivity contribution < 1.29 is 20.0 Å². The molecule has 2 N–H and O–H groups in total. The quantitative estimate of drug-likeness (QED) is 0.413. The van der Waals surface area contributed by atoms with E-state index in [4.69, 9.17) is 10.4 Å². The number of hydrogen-bond donors (Lipinski definition) is 2. The molecular weight excluding hydrogens is 124 g/mol. The summed E-state index contributed by atoms with van der Waals surface area (Å²) in [6, 6.07) is 0. The van der Waals surface area contributed by atoms with Crippen molar-refractivity contribution in [2.75, 3.05) is 6.61 Å². The summed E-state index contributed by atoms with van der Waals surface area (Å²) in [6.45, 7) is 1.27. The van der Waals surface area contributed by atoms with Crippen molar-refractivity contribution in [3.8, 4) is 0 Å². The van der Waals surface area contributed by atoms with E-state index in [1.54, 1.807) is 0 Å². The molecule has 1 atom stereocenters. The van der Waals surface area contributed by atoms with Gasteiger partial charge in [0, 0.05) is 6.42 Å². The summed E-state index contributed by atoms with van der Waals surface area (Å²) < 4.78 is 0. The highest BCUT2D eigenvalue weighted by Gasteiger charge is 2.07. The molecule has 0 aromatic carbocycles. The SMILES string of the molecule is CC(=O)C(O)CCOO. The summed E-state index contributed by atoms with van der Waals surface area (Å²) in [5, 5.41) is 16.5. The van der Waals surface area contributed by atoms with Crippen molar-refractivity contribution in [3.63, 3.8) is 0 Å². The Balaban J connectivity index is 3.27. The highest BCUT2D eigenvalue weighted by molar-refractivity contribution is 5.79. The van der Waals surface area contributed by atoms with Gasteiger partial charge in [-0.1, -0.05) is 0 Å². The molecule has 54 valence electrons. The van der Waals surface area contributed by atoms with E-state index < -0.39 is 6.10 Å². The number of aliphatic hydroxyl groups is 1. The first kappa shape index (κ1) is 8.55. The van der Waals surface area contributed by atoms with Gasteiger partial charge in [-0.2, -0.15) is 0 Å². The molecule has 0 saturated heterocycles. The van der Waals surface area contributed by atoms with Crippen LogP contribution in [0.2, 0.25) is 0 Å². The first-order valence-corrected chi connectivity index (χ1v) is 2.63. The minimum atomic E-state index is -1.00. The van der Waals surface area contributed by atoms with E-state index in [-0.39, 0.29) is 18.8 Å². The third-order valence-electron chi connectivity index (χ3n) is 0.952. The third kappa shape index (κ3) is 4.08. The van der Waals surface area contributed by atoms with Crippen LogP contribution in [0.25, 0.3) is 0 Å². The lowest BCUT2D eigenvalue weighted by Crippen LogP contribution is -2.18. The van der Waals surface area contributed by atoms with Gasteiger partial charge < -0.3 is 5.11 Å². The lowest BCUT2D eigenvalue weighted by Gasteiger charge is -2.02. The molecule has 0 aromatic heterocycles. The lowest BCUT2D eigenvalue weighted by molar-refractivity contribution is -0.245. The second-order valence-electron chi connectivity index (χ2n) is 1.75. The van der Waals surface area contributed by atoms with Crippen LogP contribution in [0.1, 0.15) is 13.3 Å². The maximum atomic E-state index is 10.3. The molecule has 0 aliphatic carbocycles. The molecule has 0 spiro atoms. The molecule has 9 heavy (non-hydrogen) atoms. The van der Waals surface area contributed by atoms with Crippen LogP contribution in [0, 0.1) is 0 Å². The molecule has 4 heteroatoms. The number of carbonyl (C=O) groups excluding carboxylic acids is 1. The molecule has 0 fully saturated rings. The van der Waals surface area contributed by atoms with Crippen molar-refractivity contribution in [3.05, 3.63) is 0 Å². The second kappa shape index (κ2) is 4.43. The molecule has 0 aromatic rings. The molecule has 0 radical (unpaired) electrons. The van der Waals surface area contributed by atoms with Crippen LogP contribution in [0.4, 0.5) is 0 Å². The van der Waals surface area contributed by atoms with E-state index in [0.717, 1.165) is 0 Å². The van der Waals surface area contributed by atoms with E-state index >= 15 is 0 Å². The number of ketones is 1. The molecule has 0 aliphatic heterocycles. The fourth-order valence-electron chi connectivity index (χ4n) is 0.368. The summed E-state index contributed by atoms with van der Waals surface area (Å²) in [4.78, 5) is 13.9. The Bertz CT molecular complexity index is 91.0. The molecule has 0 saturated carbocycles. The van der Waals surface area contributed by atoms with Gasteiger partial charge in [0.05, 0.1) is 6.61 Å². The van der Waals surface area contributed by atoms with Gasteiger partial charge in [-0.05, 0) is 6.92 Å². The zero-order valence-electron chi connectivity index (χ0n) is 5.20. The monoisotopic (exact) mass is 134 g/mol. The van der Waals surface area contributed by atoms with Crippen molar-refractivity contribution in [2.24, 2.45) is 0 Å². The van der Waals surface area contributed by atoms with Crippen LogP contribution in [0.3, 0.4) is 0 Å². The molecule has 0 amide bonds. The maximum Gasteiger partial charge on any atom is 0.158 e. The molecular formula is C5H10O4. The van der Waals surface area contributed by atoms with E-state index in [2.05, 4.69) is 4.89 Å². The number of Topliss-reactive ketones (excluding diaryl/α,β-unsaturated/α-hetero) is 1. The second-order valence-corrected chi connectivity index (χ2v) is 1.75. The smallest absolute Gasteiger partial charge is 0.158 e. The Morgan fingerprint density at radius 1 is 1.78 bits per heavy atom. The average Bonchev–Trinajstić information content (AvgIpc) is 1.82. The fourth-order valence-corrected chi connectivity index (χ4v) is 0.368. The largest absolute Gasteiger partial charge is 0.385 e. The maximum absolute atomic E-state index is 10.3. The summed E-state index contributed by atoms with van der Waals surface area (Å²) in [6.07, 6.45) is -0.858. The topological polar surface area (TPSA) is 66.8 Å². The molecule has 0 bridgehead atoms. The Morgan fingerprint density at radius 2 is 2.33 bits per heavy atom. The summed E-state index contributed by atoms with van der Waals surface area (Å²) >= 11 is 0. The van der Waals surface area contributed by atoms with Gasteiger partial charge in [0.15, 0.2) is 5.78 Å². The van der Waals surface area contributed by atoms with Gasteiger partial charge in [0.1, 0.15) is 6.10 Å². The van der Waals surface area contributed by atoms with Gasteiger partial charge in [-0.3, -0.25) is 10.1 Å². The van der Waals surface area contributed by atoms with Crippen LogP contribution >= 0.6 is 0 Å². The van der Waals surface area contributed by atoms with E-state index in [0.29, 0.717) is 0 Å².